The van der Waals surface area contributed by atoms with Gasteiger partial charge in [0.2, 0.25) is 5.91 Å². The highest BCUT2D eigenvalue weighted by Crippen LogP contribution is 2.38. The molecule has 0 aliphatic heterocycles. The van der Waals surface area contributed by atoms with Crippen LogP contribution in [0, 0.1) is 5.41 Å². The van der Waals surface area contributed by atoms with Crippen LogP contribution in [0.4, 0.5) is 0 Å². The number of hydrogen-bond acceptors (Lipinski definition) is 3. The Balaban J connectivity index is 1.65. The molecule has 1 saturated carbocycles. The Kier molecular flexibility index (Phi) is 6.56. The zero-order chi connectivity index (χ0) is 20.9. The molecule has 0 spiro atoms. The number of carbonyl (C=O) groups is 1. The number of nitrogens with one attached hydrogen (secondary N) is 2. The summed E-state index contributed by atoms with van der Waals surface area (Å²) in [5.41, 5.74) is 1.83. The van der Waals surface area contributed by atoms with E-state index >= 15 is 0 Å². The van der Waals surface area contributed by atoms with Crippen molar-refractivity contribution in [2.24, 2.45) is 10.4 Å². The van der Waals surface area contributed by atoms with Crippen molar-refractivity contribution in [3.05, 3.63) is 48.3 Å². The van der Waals surface area contributed by atoms with Crippen LogP contribution in [0.15, 0.2) is 47.7 Å². The number of rotatable bonds is 6. The van der Waals surface area contributed by atoms with Gasteiger partial charge in [-0.1, -0.05) is 25.0 Å². The van der Waals surface area contributed by atoms with E-state index in [1.54, 1.807) is 18.1 Å². The maximum atomic E-state index is 12.8. The molecule has 0 bridgehead atoms. The Morgan fingerprint density at radius 1 is 1.31 bits per heavy atom. The molecule has 1 unspecified atom stereocenters. The van der Waals surface area contributed by atoms with E-state index in [2.05, 4.69) is 39.8 Å². The SMILES string of the molecule is CN=C(NCC1(C(=O)N(C)C)CCCC1)NC(C)c1cccc(-n2cccn2)c1. The summed E-state index contributed by atoms with van der Waals surface area (Å²) in [4.78, 5) is 18.9. The van der Waals surface area contributed by atoms with E-state index in [1.165, 1.54) is 0 Å². The minimum Gasteiger partial charge on any atom is -0.355 e. The number of carbonyl (C=O) groups excluding carboxylic acids is 1. The monoisotopic (exact) mass is 396 g/mol. The summed E-state index contributed by atoms with van der Waals surface area (Å²) in [7, 11) is 5.44. The first-order valence-electron chi connectivity index (χ1n) is 10.2. The average molecular weight is 397 g/mol. The van der Waals surface area contributed by atoms with Crippen LogP contribution in [0.2, 0.25) is 0 Å². The van der Waals surface area contributed by atoms with Crippen LogP contribution in [-0.4, -0.2) is 54.2 Å². The second-order valence-corrected chi connectivity index (χ2v) is 8.02. The van der Waals surface area contributed by atoms with Crippen LogP contribution < -0.4 is 10.6 Å². The van der Waals surface area contributed by atoms with Gasteiger partial charge in [0.05, 0.1) is 17.1 Å². The van der Waals surface area contributed by atoms with Crippen LogP contribution in [0.1, 0.15) is 44.2 Å². The highest BCUT2D eigenvalue weighted by molar-refractivity contribution is 5.85. The molecule has 0 radical (unpaired) electrons. The Labute approximate surface area is 173 Å². The Hall–Kier alpha value is -2.83. The quantitative estimate of drug-likeness (QED) is 0.582. The van der Waals surface area contributed by atoms with E-state index in [-0.39, 0.29) is 17.4 Å². The predicted molar refractivity (Wildman–Crippen MR) is 116 cm³/mol. The molecule has 1 aliphatic rings. The van der Waals surface area contributed by atoms with Gasteiger partial charge >= 0.3 is 0 Å². The number of hydrogen-bond donors (Lipinski definition) is 2. The van der Waals surface area contributed by atoms with Gasteiger partial charge < -0.3 is 15.5 Å². The summed E-state index contributed by atoms with van der Waals surface area (Å²) in [6.07, 6.45) is 7.76. The molecule has 0 saturated heterocycles. The fourth-order valence-corrected chi connectivity index (χ4v) is 4.09. The molecule has 7 heteroatoms. The summed E-state index contributed by atoms with van der Waals surface area (Å²) in [5, 5.41) is 11.2. The van der Waals surface area contributed by atoms with E-state index in [1.807, 2.05) is 43.2 Å². The summed E-state index contributed by atoms with van der Waals surface area (Å²) >= 11 is 0. The lowest BCUT2D eigenvalue weighted by molar-refractivity contribution is -0.138. The van der Waals surface area contributed by atoms with Crippen LogP contribution in [0.3, 0.4) is 0 Å². The molecule has 1 atom stereocenters. The fourth-order valence-electron chi connectivity index (χ4n) is 4.09. The molecular weight excluding hydrogens is 364 g/mol. The smallest absolute Gasteiger partial charge is 0.230 e. The van der Waals surface area contributed by atoms with Gasteiger partial charge in [0.1, 0.15) is 0 Å². The highest BCUT2D eigenvalue weighted by atomic mass is 16.2. The van der Waals surface area contributed by atoms with Gasteiger partial charge in [-0.05, 0) is 43.5 Å². The molecule has 29 heavy (non-hydrogen) atoms. The summed E-state index contributed by atoms with van der Waals surface area (Å²) < 4.78 is 1.85. The molecule has 1 fully saturated rings. The second kappa shape index (κ2) is 9.11. The lowest BCUT2D eigenvalue weighted by Gasteiger charge is -2.31. The topological polar surface area (TPSA) is 74.6 Å². The molecular formula is C22H32N6O. The van der Waals surface area contributed by atoms with Crippen LogP contribution in [0.25, 0.3) is 5.69 Å². The maximum Gasteiger partial charge on any atom is 0.230 e. The van der Waals surface area contributed by atoms with E-state index in [0.717, 1.165) is 36.9 Å². The maximum absolute atomic E-state index is 12.8. The van der Waals surface area contributed by atoms with Crippen molar-refractivity contribution < 1.29 is 4.79 Å². The van der Waals surface area contributed by atoms with Crippen molar-refractivity contribution in [1.29, 1.82) is 0 Å². The van der Waals surface area contributed by atoms with Gasteiger partial charge in [-0.25, -0.2) is 4.68 Å². The lowest BCUT2D eigenvalue weighted by Crippen LogP contribution is -2.49. The third-order valence-electron chi connectivity index (χ3n) is 5.73. The molecule has 1 aromatic carbocycles. The third kappa shape index (κ3) is 4.78. The van der Waals surface area contributed by atoms with Crippen molar-refractivity contribution in [3.63, 3.8) is 0 Å². The van der Waals surface area contributed by atoms with Gasteiger partial charge in [0, 0.05) is 40.1 Å². The largest absolute Gasteiger partial charge is 0.355 e. The fraction of sp³-hybridized carbons (Fsp3) is 0.500. The van der Waals surface area contributed by atoms with Crippen molar-refractivity contribution in [2.75, 3.05) is 27.7 Å². The first kappa shape index (κ1) is 20.9. The molecule has 2 aromatic rings. The first-order chi connectivity index (χ1) is 13.9. The van der Waals surface area contributed by atoms with Gasteiger partial charge in [-0.15, -0.1) is 0 Å². The van der Waals surface area contributed by atoms with Crippen LogP contribution >= 0.6 is 0 Å². The van der Waals surface area contributed by atoms with E-state index in [0.29, 0.717) is 12.5 Å². The van der Waals surface area contributed by atoms with Gasteiger partial charge in [-0.3, -0.25) is 9.79 Å². The Morgan fingerprint density at radius 3 is 2.69 bits per heavy atom. The number of amides is 1. The number of aliphatic imine (C=N–C) groups is 1. The van der Waals surface area contributed by atoms with Gasteiger partial charge in [0.15, 0.2) is 5.96 Å². The minimum absolute atomic E-state index is 0.0563. The molecule has 3 rings (SSSR count). The number of guanidine groups is 1. The first-order valence-corrected chi connectivity index (χ1v) is 10.2. The summed E-state index contributed by atoms with van der Waals surface area (Å²) in [6.45, 7) is 2.70. The van der Waals surface area contributed by atoms with E-state index in [9.17, 15) is 4.79 Å². The van der Waals surface area contributed by atoms with Gasteiger partial charge in [-0.2, -0.15) is 5.10 Å². The van der Waals surface area contributed by atoms with Crippen molar-refractivity contribution in [1.82, 2.24) is 25.3 Å². The van der Waals surface area contributed by atoms with Crippen molar-refractivity contribution in [2.45, 2.75) is 38.6 Å². The molecule has 7 nitrogen and oxygen atoms in total. The van der Waals surface area contributed by atoms with Crippen molar-refractivity contribution >= 4 is 11.9 Å². The predicted octanol–water partition coefficient (Wildman–Crippen LogP) is 2.75. The van der Waals surface area contributed by atoms with Crippen molar-refractivity contribution in [3.8, 4) is 5.69 Å². The Morgan fingerprint density at radius 2 is 2.07 bits per heavy atom. The van der Waals surface area contributed by atoms with Gasteiger partial charge in [0.25, 0.3) is 0 Å². The van der Waals surface area contributed by atoms with E-state index in [4.69, 9.17) is 0 Å². The molecule has 2 N–H and O–H groups in total. The molecule has 1 amide bonds. The molecule has 1 heterocycles. The van der Waals surface area contributed by atoms with Crippen LogP contribution in [0.5, 0.6) is 0 Å². The summed E-state index contributed by atoms with van der Waals surface area (Å²) in [6, 6.07) is 10.2. The standard InChI is InChI=1S/C22H32N6O/c1-17(18-9-7-10-19(15-18)28-14-8-13-25-28)26-21(23-2)24-16-22(11-5-6-12-22)20(29)27(3)4/h7-10,13-15,17H,5-6,11-12,16H2,1-4H3,(H2,23,24,26). The zero-order valence-electron chi connectivity index (χ0n) is 17.9. The molecule has 1 aromatic heterocycles. The summed E-state index contributed by atoms with van der Waals surface area (Å²) in [5.74, 6) is 0.915. The second-order valence-electron chi connectivity index (χ2n) is 8.02. The highest BCUT2D eigenvalue weighted by Gasteiger charge is 2.42. The number of aromatic nitrogens is 2. The van der Waals surface area contributed by atoms with E-state index < -0.39 is 0 Å². The molecule has 1 aliphatic carbocycles. The Bertz CT molecular complexity index is 837. The lowest BCUT2D eigenvalue weighted by atomic mass is 9.84. The average Bonchev–Trinajstić information content (AvgIpc) is 3.43. The number of nitrogens with zero attached hydrogens (tertiary/aromatic N) is 4. The number of benzene rings is 1. The normalized spacial score (nSPS) is 17.0. The third-order valence-corrected chi connectivity index (χ3v) is 5.73. The molecule has 156 valence electrons. The van der Waals surface area contributed by atoms with Crippen LogP contribution in [-0.2, 0) is 4.79 Å². The minimum atomic E-state index is -0.329. The zero-order valence-corrected chi connectivity index (χ0v) is 17.9.